The summed E-state index contributed by atoms with van der Waals surface area (Å²) in [5.74, 6) is 0.0633. The first-order valence-electron chi connectivity index (χ1n) is 8.69. The van der Waals surface area contributed by atoms with Gasteiger partial charge in [-0.25, -0.2) is 0 Å². The number of hydrogen-bond donors (Lipinski definition) is 1. The molecule has 4 rings (SSSR count). The Kier molecular flexibility index (Phi) is 3.41. The molecular formula is C21H23NO2. The van der Waals surface area contributed by atoms with Gasteiger partial charge in [0.1, 0.15) is 0 Å². The van der Waals surface area contributed by atoms with Gasteiger partial charge >= 0.3 is 5.97 Å². The van der Waals surface area contributed by atoms with Gasteiger partial charge in [0.2, 0.25) is 0 Å². The Bertz CT molecular complexity index is 932. The van der Waals surface area contributed by atoms with Gasteiger partial charge in [0.15, 0.2) is 0 Å². The standard InChI is InChI=1S/C21H23NO2/c1-21(2,20(23)24)12-15-9-10-19-17(11-15)16-5-3-4-6-18(16)22(19)13-14-7-8-14/h3-6,9-11,14H,7-8,12-13H2,1-2H3,(H,23,24). The SMILES string of the molecule is CC(C)(Cc1ccc2c(c1)c1ccccc1n2CC1CC1)C(=O)O. The molecule has 1 N–H and O–H groups in total. The van der Waals surface area contributed by atoms with Crippen molar-refractivity contribution in [1.82, 2.24) is 4.57 Å². The topological polar surface area (TPSA) is 42.2 Å². The Labute approximate surface area is 141 Å². The Balaban J connectivity index is 1.84. The molecule has 124 valence electrons. The van der Waals surface area contributed by atoms with Gasteiger partial charge in [-0.3, -0.25) is 4.79 Å². The van der Waals surface area contributed by atoms with Crippen molar-refractivity contribution in [2.24, 2.45) is 11.3 Å². The van der Waals surface area contributed by atoms with Crippen molar-refractivity contribution in [3.05, 3.63) is 48.0 Å². The van der Waals surface area contributed by atoms with E-state index >= 15 is 0 Å². The van der Waals surface area contributed by atoms with Gasteiger partial charge in [0, 0.05) is 28.4 Å². The molecule has 1 saturated carbocycles. The van der Waals surface area contributed by atoms with Crippen LogP contribution < -0.4 is 0 Å². The van der Waals surface area contributed by atoms with Crippen molar-refractivity contribution in [1.29, 1.82) is 0 Å². The average molecular weight is 321 g/mol. The number of aliphatic carboxylic acids is 1. The first-order chi connectivity index (χ1) is 11.5. The summed E-state index contributed by atoms with van der Waals surface area (Å²) in [6.45, 7) is 4.66. The quantitative estimate of drug-likeness (QED) is 0.729. The summed E-state index contributed by atoms with van der Waals surface area (Å²) in [5.41, 5.74) is 2.89. The molecule has 1 aliphatic carbocycles. The second-order valence-electron chi connectivity index (χ2n) is 7.79. The summed E-state index contributed by atoms with van der Waals surface area (Å²) in [7, 11) is 0. The van der Waals surface area contributed by atoms with E-state index in [0.29, 0.717) is 6.42 Å². The van der Waals surface area contributed by atoms with Crippen LogP contribution in [-0.4, -0.2) is 15.6 Å². The molecule has 0 saturated heterocycles. The van der Waals surface area contributed by atoms with Crippen LogP contribution >= 0.6 is 0 Å². The van der Waals surface area contributed by atoms with Gasteiger partial charge in [-0.2, -0.15) is 0 Å². The summed E-state index contributed by atoms with van der Waals surface area (Å²) < 4.78 is 2.44. The zero-order valence-corrected chi connectivity index (χ0v) is 14.2. The molecule has 1 heterocycles. The third-order valence-corrected chi connectivity index (χ3v) is 5.20. The Hall–Kier alpha value is -2.29. The van der Waals surface area contributed by atoms with Crippen molar-refractivity contribution >= 4 is 27.8 Å². The van der Waals surface area contributed by atoms with E-state index in [4.69, 9.17) is 0 Å². The molecule has 0 spiro atoms. The highest BCUT2D eigenvalue weighted by Gasteiger charge is 2.28. The highest BCUT2D eigenvalue weighted by atomic mass is 16.4. The van der Waals surface area contributed by atoms with Gasteiger partial charge in [-0.1, -0.05) is 24.3 Å². The molecule has 1 aliphatic rings. The van der Waals surface area contributed by atoms with Crippen molar-refractivity contribution < 1.29 is 9.90 Å². The van der Waals surface area contributed by atoms with E-state index in [9.17, 15) is 9.90 Å². The summed E-state index contributed by atoms with van der Waals surface area (Å²) in [4.78, 5) is 11.4. The molecule has 0 unspecified atom stereocenters. The van der Waals surface area contributed by atoms with Crippen LogP contribution in [0.3, 0.4) is 0 Å². The van der Waals surface area contributed by atoms with Crippen molar-refractivity contribution in [2.75, 3.05) is 0 Å². The fourth-order valence-electron chi connectivity index (χ4n) is 3.55. The lowest BCUT2D eigenvalue weighted by Gasteiger charge is -2.19. The van der Waals surface area contributed by atoms with Crippen LogP contribution in [0, 0.1) is 11.3 Å². The highest BCUT2D eigenvalue weighted by Crippen LogP contribution is 2.36. The monoisotopic (exact) mass is 321 g/mol. The zero-order valence-electron chi connectivity index (χ0n) is 14.2. The molecule has 3 heteroatoms. The van der Waals surface area contributed by atoms with Gasteiger partial charge in [-0.05, 0) is 62.8 Å². The summed E-state index contributed by atoms with van der Waals surface area (Å²) >= 11 is 0. The highest BCUT2D eigenvalue weighted by molar-refractivity contribution is 6.08. The molecule has 3 nitrogen and oxygen atoms in total. The van der Waals surface area contributed by atoms with Crippen LogP contribution in [-0.2, 0) is 17.8 Å². The van der Waals surface area contributed by atoms with Gasteiger partial charge in [0.25, 0.3) is 0 Å². The second kappa shape index (κ2) is 5.37. The van der Waals surface area contributed by atoms with Gasteiger partial charge in [-0.15, -0.1) is 0 Å². The molecular weight excluding hydrogens is 298 g/mol. The van der Waals surface area contributed by atoms with Crippen LogP contribution in [0.15, 0.2) is 42.5 Å². The number of benzene rings is 2. The third kappa shape index (κ3) is 2.58. The van der Waals surface area contributed by atoms with Gasteiger partial charge in [0.05, 0.1) is 5.41 Å². The molecule has 0 atom stereocenters. The molecule has 0 bridgehead atoms. The van der Waals surface area contributed by atoms with Crippen LogP contribution in [0.4, 0.5) is 0 Å². The van der Waals surface area contributed by atoms with Crippen molar-refractivity contribution in [2.45, 2.75) is 39.7 Å². The van der Waals surface area contributed by atoms with E-state index < -0.39 is 11.4 Å². The molecule has 0 aliphatic heterocycles. The molecule has 0 amide bonds. The van der Waals surface area contributed by atoms with Crippen LogP contribution in [0.1, 0.15) is 32.3 Å². The number of fused-ring (bicyclic) bond motifs is 3. The van der Waals surface area contributed by atoms with Gasteiger partial charge < -0.3 is 9.67 Å². The van der Waals surface area contributed by atoms with Crippen LogP contribution in [0.25, 0.3) is 21.8 Å². The van der Waals surface area contributed by atoms with E-state index in [-0.39, 0.29) is 0 Å². The molecule has 3 aromatic rings. The first kappa shape index (κ1) is 15.3. The maximum Gasteiger partial charge on any atom is 0.309 e. The summed E-state index contributed by atoms with van der Waals surface area (Å²) in [5, 5.41) is 11.9. The predicted molar refractivity (Wildman–Crippen MR) is 97.3 cm³/mol. The van der Waals surface area contributed by atoms with E-state index in [1.165, 1.54) is 34.6 Å². The molecule has 1 aromatic heterocycles. The maximum absolute atomic E-state index is 11.4. The van der Waals surface area contributed by atoms with Crippen LogP contribution in [0.5, 0.6) is 0 Å². The largest absolute Gasteiger partial charge is 0.481 e. The number of carboxylic acids is 1. The predicted octanol–water partition coefficient (Wildman–Crippen LogP) is 4.86. The first-order valence-corrected chi connectivity index (χ1v) is 8.69. The van der Waals surface area contributed by atoms with E-state index in [0.717, 1.165) is 18.0 Å². The van der Waals surface area contributed by atoms with E-state index in [1.807, 2.05) is 0 Å². The molecule has 1 fully saturated rings. The Morgan fingerprint density at radius 3 is 2.54 bits per heavy atom. The number of carboxylic acid groups (broad SMARTS) is 1. The fraction of sp³-hybridized carbons (Fsp3) is 0.381. The van der Waals surface area contributed by atoms with E-state index in [1.54, 1.807) is 13.8 Å². The van der Waals surface area contributed by atoms with E-state index in [2.05, 4.69) is 47.0 Å². The minimum atomic E-state index is -0.751. The number of para-hydroxylation sites is 1. The normalized spacial score (nSPS) is 15.2. The molecule has 0 radical (unpaired) electrons. The molecule has 24 heavy (non-hydrogen) atoms. The lowest BCUT2D eigenvalue weighted by Crippen LogP contribution is -2.26. The summed E-state index contributed by atoms with van der Waals surface area (Å²) in [6.07, 6.45) is 3.21. The lowest BCUT2D eigenvalue weighted by atomic mass is 9.85. The fourth-order valence-corrected chi connectivity index (χ4v) is 3.55. The Morgan fingerprint density at radius 2 is 1.83 bits per heavy atom. The van der Waals surface area contributed by atoms with Crippen LogP contribution in [0.2, 0.25) is 0 Å². The molecule has 2 aromatic carbocycles. The van der Waals surface area contributed by atoms with Crippen molar-refractivity contribution in [3.8, 4) is 0 Å². The minimum absolute atomic E-state index is 0.542. The number of hydrogen-bond acceptors (Lipinski definition) is 1. The number of rotatable bonds is 5. The van der Waals surface area contributed by atoms with Crippen molar-refractivity contribution in [3.63, 3.8) is 0 Å². The average Bonchev–Trinajstić information content (AvgIpc) is 3.31. The Morgan fingerprint density at radius 1 is 1.12 bits per heavy atom. The lowest BCUT2D eigenvalue weighted by molar-refractivity contribution is -0.146. The number of aromatic nitrogens is 1. The summed E-state index contributed by atoms with van der Waals surface area (Å²) in [6, 6.07) is 15.0. The second-order valence-corrected chi connectivity index (χ2v) is 7.79. The zero-order chi connectivity index (χ0) is 16.9. The third-order valence-electron chi connectivity index (χ3n) is 5.20. The smallest absolute Gasteiger partial charge is 0.309 e. The number of nitrogens with zero attached hydrogens (tertiary/aromatic N) is 1. The maximum atomic E-state index is 11.4. The minimum Gasteiger partial charge on any atom is -0.481 e. The number of carbonyl (C=O) groups is 1.